The molecule has 0 saturated carbocycles. The minimum absolute atomic E-state index is 0.349. The lowest BCUT2D eigenvalue weighted by Gasteiger charge is -2.11. The van der Waals surface area contributed by atoms with E-state index in [9.17, 15) is 9.50 Å². The standard InChI is InChI=1S/C11H15FO2/c1-8-3-4-10(12)9(7-8)11(13)5-6-14-2/h3-4,7,11,13H,5-6H2,1-2H3. The van der Waals surface area contributed by atoms with Crippen LogP contribution in [-0.2, 0) is 4.74 Å². The molecule has 1 aromatic rings. The van der Waals surface area contributed by atoms with Crippen molar-refractivity contribution in [2.24, 2.45) is 0 Å². The highest BCUT2D eigenvalue weighted by Gasteiger charge is 2.12. The van der Waals surface area contributed by atoms with Gasteiger partial charge in [0.25, 0.3) is 0 Å². The number of halogens is 1. The van der Waals surface area contributed by atoms with Crippen LogP contribution in [0.5, 0.6) is 0 Å². The summed E-state index contributed by atoms with van der Waals surface area (Å²) in [7, 11) is 1.55. The van der Waals surface area contributed by atoms with Crippen molar-refractivity contribution in [2.45, 2.75) is 19.4 Å². The van der Waals surface area contributed by atoms with E-state index in [-0.39, 0.29) is 5.82 Å². The fourth-order valence-corrected chi connectivity index (χ4v) is 1.30. The van der Waals surface area contributed by atoms with E-state index in [1.54, 1.807) is 19.2 Å². The Morgan fingerprint density at radius 2 is 2.21 bits per heavy atom. The second-order valence-electron chi connectivity index (χ2n) is 3.32. The summed E-state index contributed by atoms with van der Waals surface area (Å²) in [5, 5.41) is 9.64. The number of hydrogen-bond donors (Lipinski definition) is 1. The van der Waals surface area contributed by atoms with E-state index < -0.39 is 6.10 Å². The first kappa shape index (κ1) is 11.1. The minimum Gasteiger partial charge on any atom is -0.388 e. The lowest BCUT2D eigenvalue weighted by molar-refractivity contribution is 0.108. The third-order valence-electron chi connectivity index (χ3n) is 2.11. The Hall–Kier alpha value is -0.930. The molecule has 0 fully saturated rings. The van der Waals surface area contributed by atoms with Gasteiger partial charge in [-0.25, -0.2) is 4.39 Å². The summed E-state index contributed by atoms with van der Waals surface area (Å²) in [5.74, 6) is -0.362. The number of aliphatic hydroxyl groups excluding tert-OH is 1. The first-order valence-corrected chi connectivity index (χ1v) is 4.58. The first-order valence-electron chi connectivity index (χ1n) is 4.58. The lowest BCUT2D eigenvalue weighted by Crippen LogP contribution is -2.04. The molecule has 0 aliphatic heterocycles. The molecule has 0 bridgehead atoms. The molecule has 14 heavy (non-hydrogen) atoms. The van der Waals surface area contributed by atoms with E-state index in [0.717, 1.165) is 5.56 Å². The van der Waals surface area contributed by atoms with Crippen molar-refractivity contribution in [1.82, 2.24) is 0 Å². The number of rotatable bonds is 4. The summed E-state index contributed by atoms with van der Waals surface area (Å²) >= 11 is 0. The predicted octanol–water partition coefficient (Wildman–Crippen LogP) is 2.20. The van der Waals surface area contributed by atoms with Crippen molar-refractivity contribution in [3.8, 4) is 0 Å². The van der Waals surface area contributed by atoms with Gasteiger partial charge in [0, 0.05) is 25.7 Å². The number of aliphatic hydroxyl groups is 1. The van der Waals surface area contributed by atoms with Crippen LogP contribution in [0.1, 0.15) is 23.7 Å². The van der Waals surface area contributed by atoms with Gasteiger partial charge in [0.15, 0.2) is 0 Å². The van der Waals surface area contributed by atoms with Gasteiger partial charge < -0.3 is 9.84 Å². The number of aryl methyl sites for hydroxylation is 1. The second-order valence-corrected chi connectivity index (χ2v) is 3.32. The third-order valence-corrected chi connectivity index (χ3v) is 2.11. The molecular weight excluding hydrogens is 183 g/mol. The molecule has 0 aliphatic rings. The molecule has 0 amide bonds. The molecule has 78 valence electrons. The molecule has 0 radical (unpaired) electrons. The average Bonchev–Trinajstić information content (AvgIpc) is 2.18. The summed E-state index contributed by atoms with van der Waals surface area (Å²) in [5.41, 5.74) is 1.29. The van der Waals surface area contributed by atoms with Crippen LogP contribution in [0.4, 0.5) is 4.39 Å². The van der Waals surface area contributed by atoms with Crippen molar-refractivity contribution in [1.29, 1.82) is 0 Å². The molecule has 0 spiro atoms. The largest absolute Gasteiger partial charge is 0.388 e. The maximum absolute atomic E-state index is 13.2. The fraction of sp³-hybridized carbons (Fsp3) is 0.455. The zero-order valence-electron chi connectivity index (χ0n) is 8.46. The Morgan fingerprint density at radius 3 is 2.86 bits per heavy atom. The Kier molecular flexibility index (Phi) is 4.04. The van der Waals surface area contributed by atoms with Crippen molar-refractivity contribution >= 4 is 0 Å². The van der Waals surface area contributed by atoms with Gasteiger partial charge in [0.05, 0.1) is 6.10 Å². The molecule has 0 aliphatic carbocycles. The van der Waals surface area contributed by atoms with Gasteiger partial charge in [0.1, 0.15) is 5.82 Å². The highest BCUT2D eigenvalue weighted by Crippen LogP contribution is 2.21. The van der Waals surface area contributed by atoms with E-state index in [4.69, 9.17) is 4.74 Å². The van der Waals surface area contributed by atoms with Gasteiger partial charge in [-0.15, -0.1) is 0 Å². The van der Waals surface area contributed by atoms with Crippen LogP contribution in [0, 0.1) is 12.7 Å². The molecule has 3 heteroatoms. The molecule has 1 rings (SSSR count). The molecule has 0 heterocycles. The van der Waals surface area contributed by atoms with Crippen LogP contribution in [-0.4, -0.2) is 18.8 Å². The molecule has 0 saturated heterocycles. The molecule has 1 aromatic carbocycles. The SMILES string of the molecule is COCCC(O)c1cc(C)ccc1F. The fourth-order valence-electron chi connectivity index (χ4n) is 1.30. The van der Waals surface area contributed by atoms with Crippen molar-refractivity contribution < 1.29 is 14.2 Å². The Labute approximate surface area is 83.3 Å². The van der Waals surface area contributed by atoms with Crippen LogP contribution >= 0.6 is 0 Å². The quantitative estimate of drug-likeness (QED) is 0.803. The van der Waals surface area contributed by atoms with Gasteiger partial charge in [-0.05, 0) is 13.0 Å². The van der Waals surface area contributed by atoms with Crippen LogP contribution < -0.4 is 0 Å². The predicted molar refractivity (Wildman–Crippen MR) is 52.6 cm³/mol. The summed E-state index contributed by atoms with van der Waals surface area (Å²) in [6.07, 6.45) is -0.369. The summed E-state index contributed by atoms with van der Waals surface area (Å²) in [4.78, 5) is 0. The zero-order chi connectivity index (χ0) is 10.6. The topological polar surface area (TPSA) is 29.5 Å². The molecule has 0 aromatic heterocycles. The molecule has 2 nitrogen and oxygen atoms in total. The zero-order valence-corrected chi connectivity index (χ0v) is 8.46. The third kappa shape index (κ3) is 2.79. The van der Waals surface area contributed by atoms with E-state index in [1.807, 2.05) is 6.92 Å². The van der Waals surface area contributed by atoms with Crippen LogP contribution in [0.2, 0.25) is 0 Å². The Morgan fingerprint density at radius 1 is 1.50 bits per heavy atom. The van der Waals surface area contributed by atoms with Gasteiger partial charge >= 0.3 is 0 Å². The van der Waals surface area contributed by atoms with Gasteiger partial charge in [-0.2, -0.15) is 0 Å². The minimum atomic E-state index is -0.783. The maximum Gasteiger partial charge on any atom is 0.129 e. The highest BCUT2D eigenvalue weighted by molar-refractivity contribution is 5.25. The summed E-state index contributed by atoms with van der Waals surface area (Å²) in [6.45, 7) is 2.29. The number of hydrogen-bond acceptors (Lipinski definition) is 2. The van der Waals surface area contributed by atoms with E-state index in [2.05, 4.69) is 0 Å². The number of ether oxygens (including phenoxy) is 1. The van der Waals surface area contributed by atoms with E-state index in [1.165, 1.54) is 6.07 Å². The first-order chi connectivity index (χ1) is 6.65. The Balaban J connectivity index is 2.77. The summed E-state index contributed by atoms with van der Waals surface area (Å²) in [6, 6.07) is 4.72. The van der Waals surface area contributed by atoms with Crippen molar-refractivity contribution in [3.05, 3.63) is 35.1 Å². The van der Waals surface area contributed by atoms with Gasteiger partial charge in [-0.1, -0.05) is 17.7 Å². The molecule has 1 unspecified atom stereocenters. The van der Waals surface area contributed by atoms with Crippen molar-refractivity contribution in [3.63, 3.8) is 0 Å². The Bertz CT molecular complexity index is 299. The molecular formula is C11H15FO2. The maximum atomic E-state index is 13.2. The van der Waals surface area contributed by atoms with Gasteiger partial charge in [-0.3, -0.25) is 0 Å². The van der Waals surface area contributed by atoms with Crippen molar-refractivity contribution in [2.75, 3.05) is 13.7 Å². The van der Waals surface area contributed by atoms with Crippen LogP contribution in [0.15, 0.2) is 18.2 Å². The monoisotopic (exact) mass is 198 g/mol. The normalized spacial score (nSPS) is 12.9. The van der Waals surface area contributed by atoms with Gasteiger partial charge in [0.2, 0.25) is 0 Å². The van der Waals surface area contributed by atoms with E-state index in [0.29, 0.717) is 18.6 Å². The lowest BCUT2D eigenvalue weighted by atomic mass is 10.0. The molecule has 1 atom stereocenters. The van der Waals surface area contributed by atoms with E-state index >= 15 is 0 Å². The average molecular weight is 198 g/mol. The van der Waals surface area contributed by atoms with Crippen LogP contribution in [0.3, 0.4) is 0 Å². The summed E-state index contributed by atoms with van der Waals surface area (Å²) < 4.78 is 18.1. The second kappa shape index (κ2) is 5.08. The van der Waals surface area contributed by atoms with Crippen LogP contribution in [0.25, 0.3) is 0 Å². The smallest absolute Gasteiger partial charge is 0.129 e. The number of benzene rings is 1. The molecule has 1 N–H and O–H groups in total. The number of methoxy groups -OCH3 is 1. The highest BCUT2D eigenvalue weighted by atomic mass is 19.1.